The summed E-state index contributed by atoms with van der Waals surface area (Å²) in [6.07, 6.45) is 0. The summed E-state index contributed by atoms with van der Waals surface area (Å²) in [5, 5.41) is 2.97. The number of nitrogens with zero attached hydrogens (tertiary/aromatic N) is 1. The Kier molecular flexibility index (Phi) is 7.65. The van der Waals surface area contributed by atoms with Crippen LogP contribution in [-0.2, 0) is 16.1 Å². The molecule has 0 fully saturated rings. The Morgan fingerprint density at radius 2 is 1.67 bits per heavy atom. The van der Waals surface area contributed by atoms with E-state index in [1.165, 1.54) is 0 Å². The van der Waals surface area contributed by atoms with Gasteiger partial charge in [-0.25, -0.2) is 0 Å². The molecule has 162 valence electrons. The Labute approximate surface area is 180 Å². The molecule has 0 aromatic heterocycles. The number of hydrogen-bond acceptors (Lipinski definition) is 3. The summed E-state index contributed by atoms with van der Waals surface area (Å²) in [6, 6.07) is 13.1. The Balaban J connectivity index is 2.20. The van der Waals surface area contributed by atoms with Crippen LogP contribution < -0.4 is 10.1 Å². The summed E-state index contributed by atoms with van der Waals surface area (Å²) < 4.78 is 5.83. The number of rotatable bonds is 7. The Hall–Kier alpha value is -2.82. The first-order valence-electron chi connectivity index (χ1n) is 10.3. The predicted molar refractivity (Wildman–Crippen MR) is 120 cm³/mol. The Morgan fingerprint density at radius 3 is 2.27 bits per heavy atom. The van der Waals surface area contributed by atoms with Gasteiger partial charge in [0.1, 0.15) is 11.8 Å². The normalized spacial score (nSPS) is 12.2. The lowest BCUT2D eigenvalue weighted by atomic mass is 10.1. The van der Waals surface area contributed by atoms with Crippen LogP contribution in [0.2, 0.25) is 0 Å². The maximum absolute atomic E-state index is 13.1. The van der Waals surface area contributed by atoms with Crippen molar-refractivity contribution >= 4 is 11.8 Å². The average molecular weight is 411 g/mol. The number of aryl methyl sites for hydroxylation is 2. The van der Waals surface area contributed by atoms with Crippen molar-refractivity contribution in [2.75, 3.05) is 6.61 Å². The Bertz CT molecular complexity index is 882. The second-order valence-electron chi connectivity index (χ2n) is 8.91. The zero-order chi connectivity index (χ0) is 22.5. The van der Waals surface area contributed by atoms with Crippen LogP contribution in [0.5, 0.6) is 5.75 Å². The zero-order valence-corrected chi connectivity index (χ0v) is 19.2. The maximum atomic E-state index is 13.1. The summed E-state index contributed by atoms with van der Waals surface area (Å²) in [5.41, 5.74) is 3.85. The van der Waals surface area contributed by atoms with Gasteiger partial charge in [-0.3, -0.25) is 9.59 Å². The van der Waals surface area contributed by atoms with Gasteiger partial charge in [0.15, 0.2) is 6.61 Å². The first-order valence-corrected chi connectivity index (χ1v) is 10.3. The fraction of sp³-hybridized carbons (Fsp3) is 0.440. The second-order valence-corrected chi connectivity index (χ2v) is 8.91. The molecule has 2 aromatic carbocycles. The standard InChI is InChI=1S/C25H34N2O3/c1-17-11-13-21(14-12-17)15-27(20(4)24(29)26-25(5,6)7)23(28)16-30-22-10-8-9-18(2)19(22)3/h8-14,20H,15-16H2,1-7H3,(H,26,29)/t20-/m1/s1. The number of benzene rings is 2. The molecule has 5 heteroatoms. The summed E-state index contributed by atoms with van der Waals surface area (Å²) in [6.45, 7) is 13.7. The SMILES string of the molecule is Cc1ccc(CN(C(=O)COc2cccc(C)c2C)[C@H](C)C(=O)NC(C)(C)C)cc1. The minimum Gasteiger partial charge on any atom is -0.483 e. The van der Waals surface area contributed by atoms with Crippen molar-refractivity contribution in [2.45, 2.75) is 66.6 Å². The molecule has 1 atom stereocenters. The number of carbonyl (C=O) groups excluding carboxylic acids is 2. The van der Waals surface area contributed by atoms with Gasteiger partial charge in [0.2, 0.25) is 5.91 Å². The monoisotopic (exact) mass is 410 g/mol. The number of hydrogen-bond donors (Lipinski definition) is 1. The van der Waals surface area contributed by atoms with Crippen molar-refractivity contribution in [3.63, 3.8) is 0 Å². The molecule has 2 rings (SSSR count). The molecule has 0 aliphatic heterocycles. The lowest BCUT2D eigenvalue weighted by molar-refractivity contribution is -0.142. The molecule has 0 saturated carbocycles. The van der Waals surface area contributed by atoms with Crippen LogP contribution in [0.4, 0.5) is 0 Å². The van der Waals surface area contributed by atoms with Gasteiger partial charge in [-0.15, -0.1) is 0 Å². The molecule has 0 radical (unpaired) electrons. The quantitative estimate of drug-likeness (QED) is 0.739. The van der Waals surface area contributed by atoms with Gasteiger partial charge in [-0.05, 0) is 71.2 Å². The van der Waals surface area contributed by atoms with Gasteiger partial charge in [0, 0.05) is 12.1 Å². The number of nitrogens with one attached hydrogen (secondary N) is 1. The Morgan fingerprint density at radius 1 is 1.03 bits per heavy atom. The van der Waals surface area contributed by atoms with Crippen LogP contribution in [0.25, 0.3) is 0 Å². The molecule has 2 amide bonds. The molecule has 0 unspecified atom stereocenters. The molecule has 0 spiro atoms. The van der Waals surface area contributed by atoms with Crippen molar-refractivity contribution in [2.24, 2.45) is 0 Å². The molecule has 0 heterocycles. The van der Waals surface area contributed by atoms with Gasteiger partial charge < -0.3 is 15.0 Å². The lowest BCUT2D eigenvalue weighted by Gasteiger charge is -2.31. The van der Waals surface area contributed by atoms with Crippen molar-refractivity contribution in [3.05, 3.63) is 64.7 Å². The largest absolute Gasteiger partial charge is 0.483 e. The number of amides is 2. The molecule has 0 saturated heterocycles. The fourth-order valence-electron chi connectivity index (χ4n) is 3.05. The summed E-state index contributed by atoms with van der Waals surface area (Å²) in [4.78, 5) is 27.5. The van der Waals surface area contributed by atoms with Crippen LogP contribution in [0.1, 0.15) is 49.9 Å². The molecule has 0 aliphatic carbocycles. The van der Waals surface area contributed by atoms with Gasteiger partial charge in [-0.2, -0.15) is 0 Å². The van der Waals surface area contributed by atoms with Crippen molar-refractivity contribution in [3.8, 4) is 5.75 Å². The summed E-state index contributed by atoms with van der Waals surface area (Å²) in [5.74, 6) is 0.271. The molecular formula is C25H34N2O3. The van der Waals surface area contributed by atoms with E-state index in [1.54, 1.807) is 11.8 Å². The first kappa shape index (κ1) is 23.5. The number of carbonyl (C=O) groups is 2. The third-order valence-corrected chi connectivity index (χ3v) is 5.05. The lowest BCUT2D eigenvalue weighted by Crippen LogP contribution is -2.53. The van der Waals surface area contributed by atoms with E-state index in [0.29, 0.717) is 12.3 Å². The summed E-state index contributed by atoms with van der Waals surface area (Å²) >= 11 is 0. The smallest absolute Gasteiger partial charge is 0.261 e. The molecule has 5 nitrogen and oxygen atoms in total. The van der Waals surface area contributed by atoms with E-state index in [9.17, 15) is 9.59 Å². The van der Waals surface area contributed by atoms with Crippen LogP contribution in [0.3, 0.4) is 0 Å². The topological polar surface area (TPSA) is 58.6 Å². The molecule has 0 bridgehead atoms. The highest BCUT2D eigenvalue weighted by atomic mass is 16.5. The third-order valence-electron chi connectivity index (χ3n) is 5.05. The van der Waals surface area contributed by atoms with Crippen LogP contribution in [0.15, 0.2) is 42.5 Å². The fourth-order valence-corrected chi connectivity index (χ4v) is 3.05. The van der Waals surface area contributed by atoms with E-state index in [2.05, 4.69) is 5.32 Å². The molecule has 30 heavy (non-hydrogen) atoms. The average Bonchev–Trinajstić information content (AvgIpc) is 2.66. The maximum Gasteiger partial charge on any atom is 0.261 e. The molecular weight excluding hydrogens is 376 g/mol. The van der Waals surface area contributed by atoms with E-state index < -0.39 is 6.04 Å². The molecule has 1 N–H and O–H groups in total. The summed E-state index contributed by atoms with van der Waals surface area (Å²) in [7, 11) is 0. The van der Waals surface area contributed by atoms with Crippen LogP contribution >= 0.6 is 0 Å². The van der Waals surface area contributed by atoms with E-state index in [1.807, 2.05) is 84.0 Å². The van der Waals surface area contributed by atoms with Gasteiger partial charge >= 0.3 is 0 Å². The number of ether oxygens (including phenoxy) is 1. The zero-order valence-electron chi connectivity index (χ0n) is 19.2. The van der Waals surface area contributed by atoms with Crippen LogP contribution in [0, 0.1) is 20.8 Å². The van der Waals surface area contributed by atoms with E-state index in [4.69, 9.17) is 4.74 Å². The molecule has 2 aromatic rings. The van der Waals surface area contributed by atoms with E-state index in [-0.39, 0.29) is 24.0 Å². The predicted octanol–water partition coefficient (Wildman–Crippen LogP) is 4.32. The second kappa shape index (κ2) is 9.79. The van der Waals surface area contributed by atoms with Gasteiger partial charge in [0.25, 0.3) is 5.91 Å². The van der Waals surface area contributed by atoms with E-state index in [0.717, 1.165) is 22.3 Å². The van der Waals surface area contributed by atoms with Crippen molar-refractivity contribution < 1.29 is 14.3 Å². The van der Waals surface area contributed by atoms with Gasteiger partial charge in [0.05, 0.1) is 0 Å². The highest BCUT2D eigenvalue weighted by Crippen LogP contribution is 2.21. The highest BCUT2D eigenvalue weighted by Gasteiger charge is 2.28. The minimum atomic E-state index is -0.625. The highest BCUT2D eigenvalue weighted by molar-refractivity contribution is 5.88. The minimum absolute atomic E-state index is 0.122. The third kappa shape index (κ3) is 6.61. The first-order chi connectivity index (χ1) is 14.0. The van der Waals surface area contributed by atoms with Crippen LogP contribution in [-0.4, -0.2) is 34.9 Å². The van der Waals surface area contributed by atoms with Crippen molar-refractivity contribution in [1.82, 2.24) is 10.2 Å². The van der Waals surface area contributed by atoms with Crippen molar-refractivity contribution in [1.29, 1.82) is 0 Å². The molecule has 0 aliphatic rings. The van der Waals surface area contributed by atoms with Gasteiger partial charge in [-0.1, -0.05) is 42.0 Å². The van der Waals surface area contributed by atoms with E-state index >= 15 is 0 Å².